The lowest BCUT2D eigenvalue weighted by atomic mass is 9.88. The molecule has 0 spiro atoms. The normalized spacial score (nSPS) is 34.7. The van der Waals surface area contributed by atoms with Gasteiger partial charge >= 0.3 is 5.97 Å². The highest BCUT2D eigenvalue weighted by Gasteiger charge is 2.63. The third-order valence-corrected chi connectivity index (χ3v) is 24.3. The van der Waals surface area contributed by atoms with Gasteiger partial charge in [-0.05, 0) is 44.9 Å². The number of unbranched alkanes of at least 4 members (excludes halogenated alkanes) is 28. The van der Waals surface area contributed by atoms with Crippen LogP contribution >= 0.6 is 0 Å². The van der Waals surface area contributed by atoms with Gasteiger partial charge in [0.2, 0.25) is 23.6 Å². The fourth-order valence-electron chi connectivity index (χ4n) is 17.0. The zero-order valence-electron chi connectivity index (χ0n) is 74.5. The first kappa shape index (κ1) is 111. The summed E-state index contributed by atoms with van der Waals surface area (Å²) in [6.07, 6.45) is -17.4. The van der Waals surface area contributed by atoms with Gasteiger partial charge < -0.3 is 175 Å². The van der Waals surface area contributed by atoms with Crippen LogP contribution in [0.2, 0.25) is 0 Å². The second-order valence-electron chi connectivity index (χ2n) is 34.6. The number of nitrogens with one attached hydrogen (secondary N) is 4. The van der Waals surface area contributed by atoms with E-state index in [2.05, 4.69) is 47.3 Å². The van der Waals surface area contributed by atoms with Crippen LogP contribution in [0, 0.1) is 0 Å². The van der Waals surface area contributed by atoms with E-state index in [0.717, 1.165) is 97.8 Å². The van der Waals surface area contributed by atoms with Crippen LogP contribution in [-0.4, -0.2) is 375 Å². The second kappa shape index (κ2) is 59.4. The van der Waals surface area contributed by atoms with Crippen LogP contribution < -0.4 is 21.3 Å². The molecule has 0 aromatic carbocycles. The molecular formula is C87H154N4O36. The molecule has 33 atom stereocenters. The summed E-state index contributed by atoms with van der Waals surface area (Å²) < 4.78 is 72.7. The Balaban J connectivity index is 1.23. The standard InChI is InChI=1S/C87H154N4O36/c1-6-8-10-12-14-16-18-20-21-22-23-24-25-26-27-29-31-33-35-37-39-41-62(104)91-53(54(101)40-38-36-34-32-30-28-19-17-15-13-11-9-7-2)49-116-83-72(111)71(110)75(60(47-96)120-83)122-85-74(113)80(127-87(86(114)115)42-55(102)63(88-50(3)98)78(126-87)66(105)56(103)43-92)76(61(48-97)121-85)123-82-65(90-52(5)100)77(68(107)58(45-94)118-82)124-84-73(112)79(69(108)59(46-95)119-84)125-81-64(89-51(4)99)70(109)67(106)57(44-93)117-81/h20-21,38,40,53-61,63-85,92-97,101-103,105-113H,6-19,22-37,39,41-49H2,1-5H3,(H,88,98)(H,89,99)(H,90,100)(H,91,104)(H,114,115)/b21-20-,40-38+/t53-,54+,55?,56+,57?,58?,59?,60?,61?,63+,64?,65?,66+,67-,68-,69-,70+,71+,72?,73?,74?,75+,76-,77+,78?,79-,80+,81-,82-,83+,84-,85-,87-/m0/s1. The molecule has 4 amide bonds. The quantitative estimate of drug-likeness (QED) is 0.0258. The number of ether oxygens (including phenoxy) is 12. The average molecular weight is 1830 g/mol. The minimum Gasteiger partial charge on any atom is -0.477 e. The summed E-state index contributed by atoms with van der Waals surface area (Å²) in [4.78, 5) is 66.2. The van der Waals surface area contributed by atoms with E-state index in [4.69, 9.17) is 56.8 Å². The Labute approximate surface area is 744 Å². The van der Waals surface area contributed by atoms with E-state index in [1.807, 2.05) is 0 Å². The van der Waals surface area contributed by atoms with Crippen LogP contribution in [0.1, 0.15) is 247 Å². The van der Waals surface area contributed by atoms with Gasteiger partial charge in [-0.25, -0.2) is 4.79 Å². The molecule has 0 aromatic rings. The van der Waals surface area contributed by atoms with E-state index in [0.29, 0.717) is 12.8 Å². The number of carbonyl (C=O) groups is 5. The number of rotatable bonds is 61. The van der Waals surface area contributed by atoms with Gasteiger partial charge in [-0.15, -0.1) is 0 Å². The first-order valence-electron chi connectivity index (χ1n) is 46.2. The summed E-state index contributed by atoms with van der Waals surface area (Å²) in [7, 11) is 0. The maximum Gasteiger partial charge on any atom is 0.364 e. The number of carboxylic acid groups (broad SMARTS) is 1. The molecule has 6 aliphatic rings. The monoisotopic (exact) mass is 1830 g/mol. The molecule has 127 heavy (non-hydrogen) atoms. The number of aliphatic carboxylic acids is 1. The van der Waals surface area contributed by atoms with Gasteiger partial charge in [-0.1, -0.05) is 192 Å². The molecule has 0 saturated carbocycles. The van der Waals surface area contributed by atoms with E-state index in [1.165, 1.54) is 115 Å². The van der Waals surface area contributed by atoms with E-state index in [1.54, 1.807) is 6.08 Å². The predicted octanol–water partition coefficient (Wildman–Crippen LogP) is -0.958. The van der Waals surface area contributed by atoms with Gasteiger partial charge in [-0.3, -0.25) is 19.2 Å². The van der Waals surface area contributed by atoms with Gasteiger partial charge in [0.1, 0.15) is 140 Å². The lowest BCUT2D eigenvalue weighted by molar-refractivity contribution is -0.404. The van der Waals surface area contributed by atoms with Crippen LogP contribution in [0.25, 0.3) is 0 Å². The minimum atomic E-state index is -3.45. The molecule has 0 aliphatic carbocycles. The summed E-state index contributed by atoms with van der Waals surface area (Å²) in [5.41, 5.74) is 0. The van der Waals surface area contributed by atoms with Crippen molar-refractivity contribution < 1.29 is 178 Å². The van der Waals surface area contributed by atoms with E-state index in [-0.39, 0.29) is 6.42 Å². The molecule has 0 bridgehead atoms. The number of hydrogen-bond acceptors (Lipinski definition) is 35. The fourth-order valence-corrected chi connectivity index (χ4v) is 17.0. The molecule has 6 rings (SSSR count). The third kappa shape index (κ3) is 34.8. The number of aliphatic hydroxyl groups excluding tert-OH is 18. The van der Waals surface area contributed by atoms with Crippen LogP contribution in [-0.2, 0) is 80.8 Å². The Hall–Kier alpha value is -4.37. The van der Waals surface area contributed by atoms with Crippen molar-refractivity contribution in [1.29, 1.82) is 0 Å². The average Bonchev–Trinajstić information content (AvgIpc) is 0.750. The number of hydrogen-bond donors (Lipinski definition) is 23. The van der Waals surface area contributed by atoms with Crippen molar-refractivity contribution in [2.75, 3.05) is 46.2 Å². The summed E-state index contributed by atoms with van der Waals surface area (Å²) in [6.45, 7) is -0.0600. The van der Waals surface area contributed by atoms with Gasteiger partial charge in [-0.2, -0.15) is 0 Å². The highest BCUT2D eigenvalue weighted by atomic mass is 16.8. The molecular weight excluding hydrogens is 1680 g/mol. The maximum atomic E-state index is 14.0. The van der Waals surface area contributed by atoms with Gasteiger partial charge in [0.05, 0.1) is 70.5 Å². The Morgan fingerprint density at radius 3 is 1.29 bits per heavy atom. The number of carboxylic acids is 1. The fraction of sp³-hybridized carbons (Fsp3) is 0.897. The Morgan fingerprint density at radius 1 is 0.409 bits per heavy atom. The van der Waals surface area contributed by atoms with Crippen LogP contribution in [0.4, 0.5) is 0 Å². The third-order valence-electron chi connectivity index (χ3n) is 24.3. The molecule has 40 nitrogen and oxygen atoms in total. The molecule has 6 aliphatic heterocycles. The summed E-state index contributed by atoms with van der Waals surface area (Å²) in [6, 6.07) is -6.71. The zero-order valence-corrected chi connectivity index (χ0v) is 74.5. The highest BCUT2D eigenvalue weighted by Crippen LogP contribution is 2.42. The first-order chi connectivity index (χ1) is 60.9. The van der Waals surface area contributed by atoms with E-state index < -0.39 is 284 Å². The van der Waals surface area contributed by atoms with Crippen molar-refractivity contribution in [2.24, 2.45) is 0 Å². The van der Waals surface area contributed by atoms with Crippen molar-refractivity contribution in [3.63, 3.8) is 0 Å². The van der Waals surface area contributed by atoms with Crippen molar-refractivity contribution in [1.82, 2.24) is 21.3 Å². The molecule has 6 fully saturated rings. The van der Waals surface area contributed by atoms with Crippen LogP contribution in [0.3, 0.4) is 0 Å². The van der Waals surface area contributed by atoms with Crippen molar-refractivity contribution >= 4 is 29.6 Å². The topological polar surface area (TPSA) is 629 Å². The van der Waals surface area contributed by atoms with Gasteiger partial charge in [0, 0.05) is 33.6 Å². The largest absolute Gasteiger partial charge is 0.477 e. The highest BCUT2D eigenvalue weighted by molar-refractivity contribution is 5.77. The number of carbonyl (C=O) groups excluding carboxylic acids is 4. The number of allylic oxidation sites excluding steroid dienone is 3. The summed E-state index contributed by atoms with van der Waals surface area (Å²) in [5.74, 6) is -8.76. The molecule has 6 heterocycles. The van der Waals surface area contributed by atoms with Crippen molar-refractivity contribution in [2.45, 2.75) is 448 Å². The molecule has 0 aromatic heterocycles. The van der Waals surface area contributed by atoms with Crippen LogP contribution in [0.5, 0.6) is 0 Å². The van der Waals surface area contributed by atoms with E-state index in [9.17, 15) is 121 Å². The van der Waals surface area contributed by atoms with E-state index >= 15 is 0 Å². The smallest absolute Gasteiger partial charge is 0.364 e. The van der Waals surface area contributed by atoms with Crippen LogP contribution in [0.15, 0.2) is 24.3 Å². The lowest BCUT2D eigenvalue weighted by Crippen LogP contribution is -2.72. The second-order valence-corrected chi connectivity index (χ2v) is 34.6. The summed E-state index contributed by atoms with van der Waals surface area (Å²) in [5, 5.41) is 225. The number of amides is 4. The predicted molar refractivity (Wildman–Crippen MR) is 450 cm³/mol. The maximum absolute atomic E-state index is 14.0. The Morgan fingerprint density at radius 2 is 0.803 bits per heavy atom. The first-order valence-corrected chi connectivity index (χ1v) is 46.2. The van der Waals surface area contributed by atoms with Gasteiger partial charge in [0.15, 0.2) is 31.5 Å². The Bertz CT molecular complexity index is 3120. The van der Waals surface area contributed by atoms with Gasteiger partial charge in [0.25, 0.3) is 5.79 Å². The van der Waals surface area contributed by atoms with Crippen molar-refractivity contribution in [3.8, 4) is 0 Å². The Kier molecular flexibility index (Phi) is 52.1. The zero-order chi connectivity index (χ0) is 93.3. The molecule has 0 radical (unpaired) electrons. The molecule has 23 N–H and O–H groups in total. The molecule has 12 unspecified atom stereocenters. The number of aliphatic hydroxyl groups is 18. The molecule has 40 heteroatoms. The summed E-state index contributed by atoms with van der Waals surface area (Å²) >= 11 is 0. The lowest BCUT2D eigenvalue weighted by Gasteiger charge is -2.53. The minimum absolute atomic E-state index is 0.108. The molecule has 738 valence electrons. The molecule has 6 saturated heterocycles. The van der Waals surface area contributed by atoms with Crippen molar-refractivity contribution in [3.05, 3.63) is 24.3 Å². The SMILES string of the molecule is CCCCCCCC/C=C\CCCCCCCCCCCCCC(=O)N[C@@H](CO[C@@H]1OC(CO)[C@@H](O[C@@H]2OC(CO)[C@H](O[C@@H]3OC(CO)[C@H](O)[C@H](O[C@@H]4OC(CO)[C@H](O)[C@H](O[C@@H]5OC(CO)[C@H](O)[C@H](O)C5NC(C)=O)C4O)C3NC(C)=O)[C@H](O[C@]3(C(=O)O)CC(O)[C@@H](NC(C)=O)C([C@H](O)[C@H](O)CO)O3)C2O)[C@H](O)C1O)[C@H](O)/C=C/CCCCCCCCCCCCC.